The molecule has 0 amide bonds. The number of benzene rings is 2. The van der Waals surface area contributed by atoms with Gasteiger partial charge in [0.15, 0.2) is 0 Å². The van der Waals surface area contributed by atoms with Gasteiger partial charge in [0, 0.05) is 10.0 Å². The molecule has 20 heavy (non-hydrogen) atoms. The fourth-order valence-corrected chi connectivity index (χ4v) is 2.95. The van der Waals surface area contributed by atoms with Crippen LogP contribution >= 0.6 is 27.5 Å². The summed E-state index contributed by atoms with van der Waals surface area (Å²) in [4.78, 5) is 0. The molecule has 2 rings (SSSR count). The number of alkyl halides is 1. The predicted molar refractivity (Wildman–Crippen MR) is 88.9 cm³/mol. The zero-order valence-corrected chi connectivity index (χ0v) is 14.3. The van der Waals surface area contributed by atoms with E-state index in [0.717, 1.165) is 22.2 Å². The van der Waals surface area contributed by atoms with Gasteiger partial charge in [0.2, 0.25) is 0 Å². The summed E-state index contributed by atoms with van der Waals surface area (Å²) in [6, 6.07) is 12.4. The van der Waals surface area contributed by atoms with Crippen molar-refractivity contribution in [1.29, 1.82) is 0 Å². The van der Waals surface area contributed by atoms with E-state index in [4.69, 9.17) is 16.3 Å². The highest BCUT2D eigenvalue weighted by atomic mass is 79.9. The molecule has 0 aromatic heterocycles. The highest BCUT2D eigenvalue weighted by Gasteiger charge is 2.15. The Bertz CT molecular complexity index is 610. The summed E-state index contributed by atoms with van der Waals surface area (Å²) >= 11 is 10.1. The smallest absolute Gasteiger partial charge is 0.124 e. The summed E-state index contributed by atoms with van der Waals surface area (Å²) in [6.07, 6.45) is 0.799. The first-order valence-electron chi connectivity index (χ1n) is 6.55. The lowest BCUT2D eigenvalue weighted by atomic mass is 9.98. The summed E-state index contributed by atoms with van der Waals surface area (Å²) < 4.78 is 6.42. The first-order valence-corrected chi connectivity index (χ1v) is 7.78. The predicted octanol–water partition coefficient (Wildman–Crippen LogP) is 5.60. The molecule has 0 aliphatic carbocycles. The van der Waals surface area contributed by atoms with Crippen LogP contribution in [0.2, 0.25) is 0 Å². The highest BCUT2D eigenvalue weighted by Crippen LogP contribution is 2.34. The van der Waals surface area contributed by atoms with Gasteiger partial charge in [-0.15, -0.1) is 11.6 Å². The van der Waals surface area contributed by atoms with E-state index in [2.05, 4.69) is 48.0 Å². The van der Waals surface area contributed by atoms with Gasteiger partial charge in [0.25, 0.3) is 0 Å². The van der Waals surface area contributed by atoms with E-state index in [1.165, 1.54) is 16.7 Å². The summed E-state index contributed by atoms with van der Waals surface area (Å²) in [5, 5.41) is -0.0986. The average Bonchev–Trinajstić information content (AvgIpc) is 2.42. The van der Waals surface area contributed by atoms with Gasteiger partial charge >= 0.3 is 0 Å². The van der Waals surface area contributed by atoms with E-state index in [1.807, 2.05) is 18.2 Å². The number of rotatable bonds is 4. The van der Waals surface area contributed by atoms with Crippen molar-refractivity contribution in [3.05, 3.63) is 63.1 Å². The molecule has 0 N–H and O–H groups in total. The van der Waals surface area contributed by atoms with Crippen LogP contribution in [0.25, 0.3) is 0 Å². The minimum Gasteiger partial charge on any atom is -0.496 e. The zero-order chi connectivity index (χ0) is 14.7. The normalized spacial score (nSPS) is 12.2. The quantitative estimate of drug-likeness (QED) is 0.650. The van der Waals surface area contributed by atoms with Crippen molar-refractivity contribution >= 4 is 27.5 Å². The molecule has 3 heteroatoms. The molecule has 1 atom stereocenters. The third kappa shape index (κ3) is 3.56. The van der Waals surface area contributed by atoms with Crippen LogP contribution in [0.5, 0.6) is 5.75 Å². The fourth-order valence-electron chi connectivity index (χ4n) is 2.27. The highest BCUT2D eigenvalue weighted by molar-refractivity contribution is 9.10. The minimum absolute atomic E-state index is 0.0986. The lowest BCUT2D eigenvalue weighted by molar-refractivity contribution is 0.408. The Morgan fingerprint density at radius 2 is 1.90 bits per heavy atom. The second kappa shape index (κ2) is 6.64. The van der Waals surface area contributed by atoms with E-state index in [0.29, 0.717) is 0 Å². The standard InChI is InChI=1S/C17H18BrClO/c1-11-4-5-12(2)13(8-11)9-16(19)15-7-6-14(18)10-17(15)20-3/h4-8,10,16H,9H2,1-3H3. The number of aryl methyl sites for hydroxylation is 2. The second-order valence-electron chi connectivity index (χ2n) is 4.99. The van der Waals surface area contributed by atoms with Gasteiger partial charge in [-0.05, 0) is 43.5 Å². The van der Waals surface area contributed by atoms with Crippen LogP contribution in [0.1, 0.15) is 27.6 Å². The number of hydrogen-bond donors (Lipinski definition) is 0. The molecular weight excluding hydrogens is 336 g/mol. The number of hydrogen-bond acceptors (Lipinski definition) is 1. The molecule has 0 bridgehead atoms. The zero-order valence-electron chi connectivity index (χ0n) is 11.9. The van der Waals surface area contributed by atoms with Crippen LogP contribution < -0.4 is 4.74 Å². The summed E-state index contributed by atoms with van der Waals surface area (Å²) in [5.41, 5.74) is 4.85. The largest absolute Gasteiger partial charge is 0.496 e. The van der Waals surface area contributed by atoms with Crippen molar-refractivity contribution in [1.82, 2.24) is 0 Å². The molecule has 2 aromatic rings. The van der Waals surface area contributed by atoms with Crippen molar-refractivity contribution in [2.45, 2.75) is 25.6 Å². The van der Waals surface area contributed by atoms with Crippen LogP contribution in [0.15, 0.2) is 40.9 Å². The number of halogens is 2. The molecule has 0 heterocycles. The Morgan fingerprint density at radius 3 is 2.60 bits per heavy atom. The SMILES string of the molecule is COc1cc(Br)ccc1C(Cl)Cc1cc(C)ccc1C. The van der Waals surface area contributed by atoms with Crippen molar-refractivity contribution in [2.75, 3.05) is 7.11 Å². The van der Waals surface area contributed by atoms with Gasteiger partial charge in [-0.1, -0.05) is 45.8 Å². The lowest BCUT2D eigenvalue weighted by Gasteiger charge is -2.16. The number of methoxy groups -OCH3 is 1. The van der Waals surface area contributed by atoms with Crippen LogP contribution in [0.3, 0.4) is 0 Å². The number of ether oxygens (including phenoxy) is 1. The Balaban J connectivity index is 2.28. The van der Waals surface area contributed by atoms with Crippen molar-refractivity contribution in [2.24, 2.45) is 0 Å². The van der Waals surface area contributed by atoms with Crippen LogP contribution in [0.4, 0.5) is 0 Å². The summed E-state index contributed by atoms with van der Waals surface area (Å²) in [6.45, 7) is 4.23. The second-order valence-corrected chi connectivity index (χ2v) is 6.43. The fraction of sp³-hybridized carbons (Fsp3) is 0.294. The molecule has 0 aliphatic rings. The van der Waals surface area contributed by atoms with E-state index in [-0.39, 0.29) is 5.38 Å². The maximum Gasteiger partial charge on any atom is 0.124 e. The van der Waals surface area contributed by atoms with E-state index in [9.17, 15) is 0 Å². The maximum atomic E-state index is 6.61. The summed E-state index contributed by atoms with van der Waals surface area (Å²) in [5.74, 6) is 0.824. The first-order chi connectivity index (χ1) is 9.51. The topological polar surface area (TPSA) is 9.23 Å². The van der Waals surface area contributed by atoms with Gasteiger partial charge in [-0.25, -0.2) is 0 Å². The molecular formula is C17H18BrClO. The van der Waals surface area contributed by atoms with E-state index < -0.39 is 0 Å². The lowest BCUT2D eigenvalue weighted by Crippen LogP contribution is -2.01. The van der Waals surface area contributed by atoms with Gasteiger partial charge < -0.3 is 4.74 Å². The molecule has 0 fully saturated rings. The van der Waals surface area contributed by atoms with Gasteiger partial charge in [-0.2, -0.15) is 0 Å². The molecule has 0 saturated heterocycles. The van der Waals surface area contributed by atoms with Gasteiger partial charge in [-0.3, -0.25) is 0 Å². The van der Waals surface area contributed by atoms with E-state index in [1.54, 1.807) is 7.11 Å². The average molecular weight is 354 g/mol. The molecule has 1 unspecified atom stereocenters. The monoisotopic (exact) mass is 352 g/mol. The Hall–Kier alpha value is -0.990. The van der Waals surface area contributed by atoms with Crippen molar-refractivity contribution < 1.29 is 4.74 Å². The van der Waals surface area contributed by atoms with Gasteiger partial charge in [0.1, 0.15) is 5.75 Å². The minimum atomic E-state index is -0.0986. The van der Waals surface area contributed by atoms with Gasteiger partial charge in [0.05, 0.1) is 12.5 Å². The first kappa shape index (κ1) is 15.4. The molecule has 2 aromatic carbocycles. The molecule has 0 saturated carbocycles. The van der Waals surface area contributed by atoms with E-state index >= 15 is 0 Å². The van der Waals surface area contributed by atoms with Crippen LogP contribution in [0, 0.1) is 13.8 Å². The Morgan fingerprint density at radius 1 is 1.15 bits per heavy atom. The Labute approximate surface area is 134 Å². The van der Waals surface area contributed by atoms with Crippen molar-refractivity contribution in [3.63, 3.8) is 0 Å². The maximum absolute atomic E-state index is 6.61. The third-order valence-corrected chi connectivity index (χ3v) is 4.32. The third-order valence-electron chi connectivity index (χ3n) is 3.44. The summed E-state index contributed by atoms with van der Waals surface area (Å²) in [7, 11) is 1.67. The molecule has 106 valence electrons. The molecule has 0 aliphatic heterocycles. The molecule has 1 nitrogen and oxygen atoms in total. The van der Waals surface area contributed by atoms with Crippen molar-refractivity contribution in [3.8, 4) is 5.75 Å². The van der Waals surface area contributed by atoms with Crippen LogP contribution in [-0.4, -0.2) is 7.11 Å². The van der Waals surface area contributed by atoms with Crippen LogP contribution in [-0.2, 0) is 6.42 Å². The molecule has 0 spiro atoms. The Kier molecular flexibility index (Phi) is 5.11. The molecule has 0 radical (unpaired) electrons.